The number of fused-ring (bicyclic) bond motifs is 1. The van der Waals surface area contributed by atoms with Gasteiger partial charge in [0.25, 0.3) is 0 Å². The van der Waals surface area contributed by atoms with Crippen LogP contribution in [0, 0.1) is 5.41 Å². The minimum absolute atomic E-state index is 0.156. The van der Waals surface area contributed by atoms with Crippen molar-refractivity contribution in [2.75, 3.05) is 16.8 Å². The Hall–Kier alpha value is -2.62. The number of hydrogen-bond acceptors (Lipinski definition) is 2. The van der Waals surface area contributed by atoms with Crippen LogP contribution in [-0.4, -0.2) is 18.4 Å². The van der Waals surface area contributed by atoms with Gasteiger partial charge in [-0.05, 0) is 55.9 Å². The lowest BCUT2D eigenvalue weighted by molar-refractivity contribution is -0.136. The Bertz CT molecular complexity index is 848. The van der Waals surface area contributed by atoms with Gasteiger partial charge >= 0.3 is 0 Å². The molecule has 27 heavy (non-hydrogen) atoms. The summed E-state index contributed by atoms with van der Waals surface area (Å²) >= 11 is 0. The first kappa shape index (κ1) is 19.2. The van der Waals surface area contributed by atoms with Crippen molar-refractivity contribution in [3.63, 3.8) is 0 Å². The zero-order valence-corrected chi connectivity index (χ0v) is 16.6. The second-order valence-electron chi connectivity index (χ2n) is 7.57. The first-order chi connectivity index (χ1) is 12.9. The summed E-state index contributed by atoms with van der Waals surface area (Å²) in [6.07, 6.45) is 2.49. The maximum atomic E-state index is 13.2. The van der Waals surface area contributed by atoms with Gasteiger partial charge in [-0.15, -0.1) is 0 Å². The fourth-order valence-electron chi connectivity index (χ4n) is 3.66. The number of amides is 2. The fraction of sp³-hybridized carbons (Fsp3) is 0.391. The average molecular weight is 364 g/mol. The summed E-state index contributed by atoms with van der Waals surface area (Å²) in [6, 6.07) is 14.0. The Morgan fingerprint density at radius 2 is 1.63 bits per heavy atom. The molecular weight excluding hydrogens is 336 g/mol. The highest BCUT2D eigenvalue weighted by atomic mass is 16.2. The van der Waals surface area contributed by atoms with Crippen molar-refractivity contribution in [1.29, 1.82) is 0 Å². The van der Waals surface area contributed by atoms with E-state index in [0.717, 1.165) is 47.3 Å². The second kappa shape index (κ2) is 7.55. The lowest BCUT2D eigenvalue weighted by atomic mass is 9.89. The number of benzene rings is 2. The maximum absolute atomic E-state index is 13.2. The molecule has 2 amide bonds. The van der Waals surface area contributed by atoms with E-state index in [9.17, 15) is 9.59 Å². The van der Waals surface area contributed by atoms with Crippen LogP contribution in [0.5, 0.6) is 0 Å². The Kier molecular flexibility index (Phi) is 5.36. The average Bonchev–Trinajstić information content (AvgIpc) is 3.11. The van der Waals surface area contributed by atoms with Gasteiger partial charge in [0.1, 0.15) is 5.41 Å². The monoisotopic (exact) mass is 364 g/mol. The van der Waals surface area contributed by atoms with Gasteiger partial charge in [0, 0.05) is 17.9 Å². The smallest absolute Gasteiger partial charge is 0.242 e. The van der Waals surface area contributed by atoms with E-state index in [1.807, 2.05) is 42.5 Å². The SMILES string of the molecule is CCc1cccc(CC)c1NC(=O)C(C)(C)C(=O)N1CCc2ccccc21. The van der Waals surface area contributed by atoms with E-state index in [1.165, 1.54) is 0 Å². The van der Waals surface area contributed by atoms with E-state index in [0.29, 0.717) is 6.54 Å². The Labute approximate surface area is 161 Å². The van der Waals surface area contributed by atoms with Crippen LogP contribution in [-0.2, 0) is 28.9 Å². The van der Waals surface area contributed by atoms with Crippen LogP contribution < -0.4 is 10.2 Å². The Morgan fingerprint density at radius 3 is 2.26 bits per heavy atom. The van der Waals surface area contributed by atoms with Gasteiger partial charge in [-0.1, -0.05) is 50.2 Å². The molecule has 2 aromatic carbocycles. The second-order valence-corrected chi connectivity index (χ2v) is 7.57. The van der Waals surface area contributed by atoms with Crippen LogP contribution in [0.2, 0.25) is 0 Å². The standard InChI is InChI=1S/C23H28N2O2/c1-5-16-11-9-12-17(6-2)20(16)24-21(26)23(3,4)22(27)25-15-14-18-10-7-8-13-19(18)25/h7-13H,5-6,14-15H2,1-4H3,(H,24,26). The molecule has 0 fully saturated rings. The predicted molar refractivity (Wildman–Crippen MR) is 110 cm³/mol. The molecular formula is C23H28N2O2. The number of nitrogens with zero attached hydrogens (tertiary/aromatic N) is 1. The zero-order valence-electron chi connectivity index (χ0n) is 16.6. The number of hydrogen-bond donors (Lipinski definition) is 1. The Morgan fingerprint density at radius 1 is 1.00 bits per heavy atom. The molecule has 1 aliphatic rings. The summed E-state index contributed by atoms with van der Waals surface area (Å²) in [4.78, 5) is 28.1. The van der Waals surface area contributed by atoms with Gasteiger partial charge in [-0.2, -0.15) is 0 Å². The third-order valence-corrected chi connectivity index (χ3v) is 5.47. The lowest BCUT2D eigenvalue weighted by Crippen LogP contribution is -2.47. The van der Waals surface area contributed by atoms with Gasteiger partial charge in [-0.25, -0.2) is 0 Å². The van der Waals surface area contributed by atoms with E-state index in [4.69, 9.17) is 0 Å². The van der Waals surface area contributed by atoms with Crippen molar-refractivity contribution in [2.45, 2.75) is 47.0 Å². The van der Waals surface area contributed by atoms with Crippen LogP contribution in [0.4, 0.5) is 11.4 Å². The molecule has 0 spiro atoms. The molecule has 1 N–H and O–H groups in total. The van der Waals surface area contributed by atoms with E-state index in [2.05, 4.69) is 19.2 Å². The van der Waals surface area contributed by atoms with Crippen LogP contribution in [0.3, 0.4) is 0 Å². The molecule has 0 unspecified atom stereocenters. The minimum Gasteiger partial charge on any atom is -0.325 e. The molecule has 0 saturated carbocycles. The number of carbonyl (C=O) groups is 2. The summed E-state index contributed by atoms with van der Waals surface area (Å²) in [7, 11) is 0. The molecule has 1 aliphatic heterocycles. The van der Waals surface area contributed by atoms with Crippen LogP contribution >= 0.6 is 0 Å². The van der Waals surface area contributed by atoms with Crippen molar-refractivity contribution in [3.05, 3.63) is 59.2 Å². The third-order valence-electron chi connectivity index (χ3n) is 5.47. The first-order valence-corrected chi connectivity index (χ1v) is 9.72. The summed E-state index contributed by atoms with van der Waals surface area (Å²) in [5.41, 5.74) is 3.98. The molecule has 142 valence electrons. The van der Waals surface area contributed by atoms with Gasteiger partial charge in [0.15, 0.2) is 0 Å². The quantitative estimate of drug-likeness (QED) is 0.801. The van der Waals surface area contributed by atoms with Crippen molar-refractivity contribution >= 4 is 23.2 Å². The van der Waals surface area contributed by atoms with Crippen molar-refractivity contribution in [2.24, 2.45) is 5.41 Å². The fourth-order valence-corrected chi connectivity index (χ4v) is 3.66. The molecule has 0 aromatic heterocycles. The molecule has 1 heterocycles. The van der Waals surface area contributed by atoms with Crippen LogP contribution in [0.25, 0.3) is 0 Å². The normalized spacial score (nSPS) is 13.4. The number of carbonyl (C=O) groups excluding carboxylic acids is 2. The molecule has 0 atom stereocenters. The molecule has 4 nitrogen and oxygen atoms in total. The molecule has 0 aliphatic carbocycles. The molecule has 3 rings (SSSR count). The molecule has 0 bridgehead atoms. The number of nitrogens with one attached hydrogen (secondary N) is 1. The minimum atomic E-state index is -1.15. The van der Waals surface area contributed by atoms with Crippen LogP contribution in [0.15, 0.2) is 42.5 Å². The third kappa shape index (κ3) is 3.48. The highest BCUT2D eigenvalue weighted by molar-refractivity contribution is 6.15. The van der Waals surface area contributed by atoms with Gasteiger partial charge < -0.3 is 10.2 Å². The largest absolute Gasteiger partial charge is 0.325 e. The van der Waals surface area contributed by atoms with Gasteiger partial charge in [0.05, 0.1) is 0 Å². The van der Waals surface area contributed by atoms with E-state index >= 15 is 0 Å². The van der Waals surface area contributed by atoms with Crippen molar-refractivity contribution in [3.8, 4) is 0 Å². The van der Waals surface area contributed by atoms with E-state index < -0.39 is 5.41 Å². The first-order valence-electron chi connectivity index (χ1n) is 9.72. The molecule has 0 radical (unpaired) electrons. The number of rotatable bonds is 5. The zero-order chi connectivity index (χ0) is 19.6. The summed E-state index contributed by atoms with van der Waals surface area (Å²) in [5.74, 6) is -0.413. The molecule has 2 aromatic rings. The van der Waals surface area contributed by atoms with Gasteiger partial charge in [-0.3, -0.25) is 9.59 Å². The predicted octanol–water partition coefficient (Wildman–Crippen LogP) is 4.37. The summed E-state index contributed by atoms with van der Waals surface area (Å²) < 4.78 is 0. The maximum Gasteiger partial charge on any atom is 0.242 e. The summed E-state index contributed by atoms with van der Waals surface area (Å²) in [6.45, 7) is 8.20. The topological polar surface area (TPSA) is 49.4 Å². The Balaban J connectivity index is 1.86. The van der Waals surface area contributed by atoms with E-state index in [1.54, 1.807) is 18.7 Å². The van der Waals surface area contributed by atoms with Crippen molar-refractivity contribution in [1.82, 2.24) is 0 Å². The number of aryl methyl sites for hydroxylation is 2. The lowest BCUT2D eigenvalue weighted by Gasteiger charge is -2.29. The van der Waals surface area contributed by atoms with E-state index in [-0.39, 0.29) is 11.8 Å². The number of para-hydroxylation sites is 2. The molecule has 4 heteroatoms. The molecule has 0 saturated heterocycles. The summed E-state index contributed by atoms with van der Waals surface area (Å²) in [5, 5.41) is 3.06. The van der Waals surface area contributed by atoms with Crippen LogP contribution in [0.1, 0.15) is 44.4 Å². The van der Waals surface area contributed by atoms with Crippen molar-refractivity contribution < 1.29 is 9.59 Å². The highest BCUT2D eigenvalue weighted by Gasteiger charge is 2.41. The van der Waals surface area contributed by atoms with Gasteiger partial charge in [0.2, 0.25) is 11.8 Å². The highest BCUT2D eigenvalue weighted by Crippen LogP contribution is 2.33. The number of anilines is 2.